The first-order valence-corrected chi connectivity index (χ1v) is 6.30. The lowest BCUT2D eigenvalue weighted by Gasteiger charge is -2.06. The Hall–Kier alpha value is -2.69. The lowest BCUT2D eigenvalue weighted by atomic mass is 10.2. The normalized spacial score (nSPS) is 9.80. The van der Waals surface area contributed by atoms with E-state index in [9.17, 15) is 9.59 Å². The lowest BCUT2D eigenvalue weighted by Crippen LogP contribution is -2.36. The highest BCUT2D eigenvalue weighted by molar-refractivity contribution is 6.39. The summed E-state index contributed by atoms with van der Waals surface area (Å²) >= 11 is 0. The summed E-state index contributed by atoms with van der Waals surface area (Å²) in [7, 11) is 0. The number of carbonyl (C=O) groups excluding carboxylic acids is 2. The van der Waals surface area contributed by atoms with Crippen LogP contribution in [0.5, 0.6) is 0 Å². The van der Waals surface area contributed by atoms with Crippen molar-refractivity contribution in [2.75, 3.05) is 11.9 Å². The molecule has 0 aliphatic rings. The predicted molar refractivity (Wildman–Crippen MR) is 76.0 cm³/mol. The lowest BCUT2D eigenvalue weighted by molar-refractivity contribution is -0.136. The molecule has 5 nitrogen and oxygen atoms in total. The minimum atomic E-state index is -0.669. The van der Waals surface area contributed by atoms with Crippen LogP contribution in [-0.4, -0.2) is 23.3 Å². The molecule has 0 saturated carbocycles. The molecular formula is C15H15N3O2. The number of aromatic nitrogens is 1. The average molecular weight is 269 g/mol. The Bertz CT molecular complexity index is 570. The first-order chi connectivity index (χ1) is 9.75. The van der Waals surface area contributed by atoms with Gasteiger partial charge in [0.25, 0.3) is 0 Å². The summed E-state index contributed by atoms with van der Waals surface area (Å²) < 4.78 is 0. The third kappa shape index (κ3) is 4.20. The highest BCUT2D eigenvalue weighted by Crippen LogP contribution is 2.04. The van der Waals surface area contributed by atoms with E-state index in [4.69, 9.17) is 0 Å². The van der Waals surface area contributed by atoms with Gasteiger partial charge in [0.2, 0.25) is 0 Å². The monoisotopic (exact) mass is 269 g/mol. The molecular weight excluding hydrogens is 254 g/mol. The van der Waals surface area contributed by atoms with Crippen molar-refractivity contribution in [2.24, 2.45) is 0 Å². The molecule has 0 bridgehead atoms. The molecule has 0 fully saturated rings. The average Bonchev–Trinajstić information content (AvgIpc) is 2.49. The zero-order valence-electron chi connectivity index (χ0n) is 10.9. The van der Waals surface area contributed by atoms with Crippen LogP contribution in [0.4, 0.5) is 5.69 Å². The van der Waals surface area contributed by atoms with E-state index in [1.165, 1.54) is 0 Å². The van der Waals surface area contributed by atoms with Gasteiger partial charge in [0.15, 0.2) is 0 Å². The van der Waals surface area contributed by atoms with Crippen molar-refractivity contribution in [3.8, 4) is 0 Å². The van der Waals surface area contributed by atoms with Crippen molar-refractivity contribution < 1.29 is 9.59 Å². The Kier molecular flexibility index (Phi) is 4.83. The molecule has 0 radical (unpaired) electrons. The highest BCUT2D eigenvalue weighted by atomic mass is 16.2. The zero-order valence-corrected chi connectivity index (χ0v) is 10.9. The van der Waals surface area contributed by atoms with Gasteiger partial charge in [-0.2, -0.15) is 0 Å². The van der Waals surface area contributed by atoms with Crippen LogP contribution < -0.4 is 10.6 Å². The summed E-state index contributed by atoms with van der Waals surface area (Å²) in [6.45, 7) is 0.373. The van der Waals surface area contributed by atoms with Crippen LogP contribution in [-0.2, 0) is 16.0 Å². The fraction of sp³-hybridized carbons (Fsp3) is 0.133. The maximum Gasteiger partial charge on any atom is 0.313 e. The van der Waals surface area contributed by atoms with E-state index in [1.807, 2.05) is 24.3 Å². The summed E-state index contributed by atoms with van der Waals surface area (Å²) in [4.78, 5) is 27.3. The molecule has 2 rings (SSSR count). The molecule has 102 valence electrons. The summed E-state index contributed by atoms with van der Waals surface area (Å²) in [5.41, 5.74) is 1.47. The topological polar surface area (TPSA) is 71.1 Å². The molecule has 0 saturated heterocycles. The number of para-hydroxylation sites is 1. The van der Waals surface area contributed by atoms with Gasteiger partial charge < -0.3 is 10.6 Å². The van der Waals surface area contributed by atoms with E-state index in [-0.39, 0.29) is 0 Å². The van der Waals surface area contributed by atoms with Gasteiger partial charge in [0.1, 0.15) is 0 Å². The van der Waals surface area contributed by atoms with Crippen LogP contribution >= 0.6 is 0 Å². The van der Waals surface area contributed by atoms with Gasteiger partial charge in [-0.3, -0.25) is 14.6 Å². The highest BCUT2D eigenvalue weighted by Gasteiger charge is 2.12. The standard InChI is InChI=1S/C15H15N3O2/c19-14(15(20)18-13-7-2-1-3-8-13)17-11-9-12-6-4-5-10-16-12/h1-8,10H,9,11H2,(H,17,19)(H,18,20). The van der Waals surface area contributed by atoms with Crippen molar-refractivity contribution in [2.45, 2.75) is 6.42 Å². The van der Waals surface area contributed by atoms with Crippen LogP contribution in [0.25, 0.3) is 0 Å². The molecule has 20 heavy (non-hydrogen) atoms. The van der Waals surface area contributed by atoms with Crippen LogP contribution in [0, 0.1) is 0 Å². The Morgan fingerprint density at radius 1 is 0.950 bits per heavy atom. The van der Waals surface area contributed by atoms with Gasteiger partial charge in [-0.1, -0.05) is 24.3 Å². The second-order valence-corrected chi connectivity index (χ2v) is 4.15. The predicted octanol–water partition coefficient (Wildman–Crippen LogP) is 1.38. The molecule has 0 unspecified atom stereocenters. The summed E-state index contributed by atoms with van der Waals surface area (Å²) in [6, 6.07) is 14.4. The maximum absolute atomic E-state index is 11.6. The Balaban J connectivity index is 1.76. The number of pyridine rings is 1. The zero-order chi connectivity index (χ0) is 14.2. The van der Waals surface area contributed by atoms with Crippen molar-refractivity contribution >= 4 is 17.5 Å². The first kappa shape index (κ1) is 13.7. The third-order valence-corrected chi connectivity index (χ3v) is 2.63. The quantitative estimate of drug-likeness (QED) is 0.824. The molecule has 5 heteroatoms. The second-order valence-electron chi connectivity index (χ2n) is 4.15. The Labute approximate surface area is 117 Å². The minimum absolute atomic E-state index is 0.373. The number of rotatable bonds is 4. The number of nitrogens with one attached hydrogen (secondary N) is 2. The van der Waals surface area contributed by atoms with Gasteiger partial charge >= 0.3 is 11.8 Å². The Morgan fingerprint density at radius 3 is 2.40 bits per heavy atom. The van der Waals surface area contributed by atoms with Crippen LogP contribution in [0.2, 0.25) is 0 Å². The molecule has 1 aromatic heterocycles. The van der Waals surface area contributed by atoms with Gasteiger partial charge in [0, 0.05) is 30.5 Å². The van der Waals surface area contributed by atoms with E-state index in [0.29, 0.717) is 18.7 Å². The smallest absolute Gasteiger partial charge is 0.313 e. The molecule has 0 aliphatic carbocycles. The number of anilines is 1. The summed E-state index contributed by atoms with van der Waals surface area (Å²) in [6.07, 6.45) is 2.28. The number of benzene rings is 1. The molecule has 2 aromatic rings. The number of hydrogen-bond acceptors (Lipinski definition) is 3. The van der Waals surface area contributed by atoms with E-state index in [1.54, 1.807) is 30.5 Å². The first-order valence-electron chi connectivity index (χ1n) is 6.30. The van der Waals surface area contributed by atoms with E-state index >= 15 is 0 Å². The fourth-order valence-corrected chi connectivity index (χ4v) is 1.64. The van der Waals surface area contributed by atoms with E-state index < -0.39 is 11.8 Å². The minimum Gasteiger partial charge on any atom is -0.347 e. The van der Waals surface area contributed by atoms with Crippen molar-refractivity contribution in [1.29, 1.82) is 0 Å². The number of hydrogen-bond donors (Lipinski definition) is 2. The molecule has 0 spiro atoms. The molecule has 2 amide bonds. The van der Waals surface area contributed by atoms with Gasteiger partial charge in [-0.25, -0.2) is 0 Å². The summed E-state index contributed by atoms with van der Waals surface area (Å²) in [5, 5.41) is 5.08. The Morgan fingerprint density at radius 2 is 1.70 bits per heavy atom. The van der Waals surface area contributed by atoms with Crippen LogP contribution in [0.3, 0.4) is 0 Å². The van der Waals surface area contributed by atoms with E-state index in [0.717, 1.165) is 5.69 Å². The summed E-state index contributed by atoms with van der Waals surface area (Å²) in [5.74, 6) is -1.32. The third-order valence-electron chi connectivity index (χ3n) is 2.63. The molecule has 1 aromatic carbocycles. The fourth-order valence-electron chi connectivity index (χ4n) is 1.64. The second kappa shape index (κ2) is 7.04. The van der Waals surface area contributed by atoms with Crippen LogP contribution in [0.1, 0.15) is 5.69 Å². The largest absolute Gasteiger partial charge is 0.347 e. The molecule has 2 N–H and O–H groups in total. The molecule has 0 atom stereocenters. The van der Waals surface area contributed by atoms with Gasteiger partial charge in [-0.15, -0.1) is 0 Å². The molecule has 0 aliphatic heterocycles. The van der Waals surface area contributed by atoms with E-state index in [2.05, 4.69) is 15.6 Å². The van der Waals surface area contributed by atoms with Crippen molar-refractivity contribution in [1.82, 2.24) is 10.3 Å². The van der Waals surface area contributed by atoms with Crippen molar-refractivity contribution in [3.63, 3.8) is 0 Å². The molecule has 1 heterocycles. The number of amides is 2. The van der Waals surface area contributed by atoms with Gasteiger partial charge in [-0.05, 0) is 24.3 Å². The van der Waals surface area contributed by atoms with Crippen molar-refractivity contribution in [3.05, 3.63) is 60.4 Å². The van der Waals surface area contributed by atoms with Gasteiger partial charge in [0.05, 0.1) is 0 Å². The maximum atomic E-state index is 11.6. The SMILES string of the molecule is O=C(NCCc1ccccn1)C(=O)Nc1ccccc1. The number of carbonyl (C=O) groups is 2. The number of nitrogens with zero attached hydrogens (tertiary/aromatic N) is 1. The van der Waals surface area contributed by atoms with Crippen LogP contribution in [0.15, 0.2) is 54.7 Å².